The van der Waals surface area contributed by atoms with Crippen molar-refractivity contribution in [3.8, 4) is 0 Å². The van der Waals surface area contributed by atoms with Gasteiger partial charge in [0.1, 0.15) is 0 Å². The van der Waals surface area contributed by atoms with Gasteiger partial charge in [-0.1, -0.05) is 37.3 Å². The highest BCUT2D eigenvalue weighted by atomic mass is 16.3. The first-order valence-corrected chi connectivity index (χ1v) is 6.67. The van der Waals surface area contributed by atoms with Gasteiger partial charge in [0.2, 0.25) is 0 Å². The molecule has 1 aromatic rings. The Bertz CT molecular complexity index is 377. The smallest absolute Gasteiger partial charge is 0.0994 e. The number of piperidine rings is 1. The molecular formula is C15H23NO2. The standard InChI is InChI=1S/C15H23NO2/c1-12-8-9-16(10-14(12)17)11-15(2,18)13-6-4-3-5-7-13/h3-7,12,14,17-18H,8-11H2,1-2H3. The van der Waals surface area contributed by atoms with Gasteiger partial charge in [0.15, 0.2) is 0 Å². The predicted octanol–water partition coefficient (Wildman–Crippen LogP) is 1.60. The average Bonchev–Trinajstić information content (AvgIpc) is 2.35. The zero-order valence-corrected chi connectivity index (χ0v) is 11.2. The topological polar surface area (TPSA) is 43.7 Å². The fourth-order valence-electron chi connectivity index (χ4n) is 2.58. The fraction of sp³-hybridized carbons (Fsp3) is 0.600. The molecule has 0 amide bonds. The number of hydrogen-bond donors (Lipinski definition) is 2. The lowest BCUT2D eigenvalue weighted by atomic mass is 9.92. The van der Waals surface area contributed by atoms with Crippen LogP contribution in [0.1, 0.15) is 25.8 Å². The third kappa shape index (κ3) is 3.10. The van der Waals surface area contributed by atoms with Crippen molar-refractivity contribution >= 4 is 0 Å². The minimum Gasteiger partial charge on any atom is -0.392 e. The highest BCUT2D eigenvalue weighted by Gasteiger charge is 2.30. The minimum atomic E-state index is -0.860. The molecule has 1 aromatic carbocycles. The van der Waals surface area contributed by atoms with Crippen molar-refractivity contribution in [1.29, 1.82) is 0 Å². The monoisotopic (exact) mass is 249 g/mol. The van der Waals surface area contributed by atoms with Crippen LogP contribution in [0.4, 0.5) is 0 Å². The summed E-state index contributed by atoms with van der Waals surface area (Å²) in [7, 11) is 0. The lowest BCUT2D eigenvalue weighted by molar-refractivity contribution is -0.0279. The number of likely N-dealkylation sites (tertiary alicyclic amines) is 1. The van der Waals surface area contributed by atoms with Crippen molar-refractivity contribution in [1.82, 2.24) is 4.90 Å². The Morgan fingerprint density at radius 2 is 2.00 bits per heavy atom. The van der Waals surface area contributed by atoms with Crippen LogP contribution >= 0.6 is 0 Å². The van der Waals surface area contributed by atoms with Crippen molar-refractivity contribution in [2.75, 3.05) is 19.6 Å². The van der Waals surface area contributed by atoms with E-state index in [1.165, 1.54) is 0 Å². The number of aliphatic hydroxyl groups is 2. The lowest BCUT2D eigenvalue weighted by Crippen LogP contribution is -2.48. The molecule has 1 saturated heterocycles. The van der Waals surface area contributed by atoms with Gasteiger partial charge in [0, 0.05) is 13.1 Å². The van der Waals surface area contributed by atoms with E-state index < -0.39 is 5.60 Å². The van der Waals surface area contributed by atoms with Crippen LogP contribution in [0.25, 0.3) is 0 Å². The van der Waals surface area contributed by atoms with E-state index in [-0.39, 0.29) is 6.10 Å². The molecule has 1 fully saturated rings. The van der Waals surface area contributed by atoms with Crippen LogP contribution < -0.4 is 0 Å². The first-order chi connectivity index (χ1) is 8.49. The van der Waals surface area contributed by atoms with Crippen LogP contribution in [0, 0.1) is 5.92 Å². The van der Waals surface area contributed by atoms with Crippen LogP contribution in [0.2, 0.25) is 0 Å². The molecule has 1 heterocycles. The second kappa shape index (κ2) is 5.39. The summed E-state index contributed by atoms with van der Waals surface area (Å²) >= 11 is 0. The first-order valence-electron chi connectivity index (χ1n) is 6.67. The van der Waals surface area contributed by atoms with Gasteiger partial charge < -0.3 is 10.2 Å². The van der Waals surface area contributed by atoms with Crippen LogP contribution in [0.3, 0.4) is 0 Å². The lowest BCUT2D eigenvalue weighted by Gasteiger charge is -2.38. The van der Waals surface area contributed by atoms with Crippen molar-refractivity contribution in [2.24, 2.45) is 5.92 Å². The molecule has 3 unspecified atom stereocenters. The maximum atomic E-state index is 10.6. The Morgan fingerprint density at radius 1 is 1.33 bits per heavy atom. The van der Waals surface area contributed by atoms with E-state index in [1.807, 2.05) is 37.3 Å². The number of benzene rings is 1. The molecule has 1 aliphatic rings. The maximum absolute atomic E-state index is 10.6. The van der Waals surface area contributed by atoms with E-state index in [0.29, 0.717) is 19.0 Å². The molecule has 2 rings (SSSR count). The van der Waals surface area contributed by atoms with Crippen LogP contribution in [-0.4, -0.2) is 40.9 Å². The van der Waals surface area contributed by atoms with Crippen LogP contribution in [0.15, 0.2) is 30.3 Å². The fourth-order valence-corrected chi connectivity index (χ4v) is 2.58. The molecule has 18 heavy (non-hydrogen) atoms. The van der Waals surface area contributed by atoms with Crippen LogP contribution in [-0.2, 0) is 5.60 Å². The normalized spacial score (nSPS) is 28.9. The van der Waals surface area contributed by atoms with Gasteiger partial charge in [-0.3, -0.25) is 4.90 Å². The molecule has 3 heteroatoms. The van der Waals surface area contributed by atoms with E-state index >= 15 is 0 Å². The summed E-state index contributed by atoms with van der Waals surface area (Å²) < 4.78 is 0. The molecule has 0 aliphatic carbocycles. The van der Waals surface area contributed by atoms with E-state index in [4.69, 9.17) is 0 Å². The summed E-state index contributed by atoms with van der Waals surface area (Å²) in [5.74, 6) is 0.364. The molecular weight excluding hydrogens is 226 g/mol. The quantitative estimate of drug-likeness (QED) is 0.855. The number of nitrogens with zero attached hydrogens (tertiary/aromatic N) is 1. The van der Waals surface area contributed by atoms with Gasteiger partial charge in [-0.05, 0) is 31.4 Å². The number of aliphatic hydroxyl groups excluding tert-OH is 1. The zero-order chi connectivity index (χ0) is 13.2. The Kier molecular flexibility index (Phi) is 4.05. The minimum absolute atomic E-state index is 0.273. The molecule has 0 spiro atoms. The zero-order valence-electron chi connectivity index (χ0n) is 11.2. The Hall–Kier alpha value is -0.900. The molecule has 0 radical (unpaired) electrons. The van der Waals surface area contributed by atoms with Gasteiger partial charge in [-0.25, -0.2) is 0 Å². The molecule has 3 nitrogen and oxygen atoms in total. The molecule has 1 aliphatic heterocycles. The second-order valence-electron chi connectivity index (χ2n) is 5.71. The number of rotatable bonds is 3. The molecule has 0 aromatic heterocycles. The average molecular weight is 249 g/mol. The Balaban J connectivity index is 2.00. The van der Waals surface area contributed by atoms with E-state index in [9.17, 15) is 10.2 Å². The van der Waals surface area contributed by atoms with Gasteiger partial charge in [0.05, 0.1) is 11.7 Å². The van der Waals surface area contributed by atoms with Gasteiger partial charge in [-0.15, -0.1) is 0 Å². The largest absolute Gasteiger partial charge is 0.392 e. The van der Waals surface area contributed by atoms with Crippen LogP contribution in [0.5, 0.6) is 0 Å². The molecule has 100 valence electrons. The van der Waals surface area contributed by atoms with Crippen molar-refractivity contribution in [3.05, 3.63) is 35.9 Å². The van der Waals surface area contributed by atoms with E-state index in [0.717, 1.165) is 18.5 Å². The summed E-state index contributed by atoms with van der Waals surface area (Å²) in [6.07, 6.45) is 0.719. The first kappa shape index (κ1) is 13.5. The predicted molar refractivity (Wildman–Crippen MR) is 72.2 cm³/mol. The molecule has 0 bridgehead atoms. The SMILES string of the molecule is CC1CCN(CC(C)(O)c2ccccc2)CC1O. The summed E-state index contributed by atoms with van der Waals surface area (Å²) in [5, 5.41) is 20.5. The van der Waals surface area contributed by atoms with E-state index in [2.05, 4.69) is 11.8 Å². The van der Waals surface area contributed by atoms with Crippen molar-refractivity contribution < 1.29 is 10.2 Å². The summed E-state index contributed by atoms with van der Waals surface area (Å²) in [6.45, 7) is 6.09. The summed E-state index contributed by atoms with van der Waals surface area (Å²) in [5.41, 5.74) is 0.0692. The highest BCUT2D eigenvalue weighted by Crippen LogP contribution is 2.24. The molecule has 3 atom stereocenters. The number of β-amino-alcohol motifs (C(OH)–C–C–N with tert-alkyl or cyclic N) is 2. The maximum Gasteiger partial charge on any atom is 0.0994 e. The Labute approximate surface area is 109 Å². The molecule has 0 saturated carbocycles. The van der Waals surface area contributed by atoms with Gasteiger partial charge >= 0.3 is 0 Å². The summed E-state index contributed by atoms with van der Waals surface area (Å²) in [6, 6.07) is 9.73. The third-order valence-electron chi connectivity index (χ3n) is 3.93. The van der Waals surface area contributed by atoms with Gasteiger partial charge in [0.25, 0.3) is 0 Å². The summed E-state index contributed by atoms with van der Waals surface area (Å²) in [4.78, 5) is 2.15. The molecule has 2 N–H and O–H groups in total. The number of hydrogen-bond acceptors (Lipinski definition) is 3. The third-order valence-corrected chi connectivity index (χ3v) is 3.93. The van der Waals surface area contributed by atoms with Crippen molar-refractivity contribution in [2.45, 2.75) is 32.0 Å². The van der Waals surface area contributed by atoms with E-state index in [1.54, 1.807) is 0 Å². The highest BCUT2D eigenvalue weighted by molar-refractivity contribution is 5.21. The Morgan fingerprint density at radius 3 is 2.61 bits per heavy atom. The van der Waals surface area contributed by atoms with Gasteiger partial charge in [-0.2, -0.15) is 0 Å². The second-order valence-corrected chi connectivity index (χ2v) is 5.71. The van der Waals surface area contributed by atoms with Crippen molar-refractivity contribution in [3.63, 3.8) is 0 Å².